The third-order valence-electron chi connectivity index (χ3n) is 3.79. The number of para-hydroxylation sites is 1. The van der Waals surface area contributed by atoms with Gasteiger partial charge in [-0.2, -0.15) is 0 Å². The highest BCUT2D eigenvalue weighted by Gasteiger charge is 2.17. The summed E-state index contributed by atoms with van der Waals surface area (Å²) in [5.74, 6) is 0. The molecule has 1 saturated heterocycles. The highest BCUT2D eigenvalue weighted by atomic mass is 15.1. The predicted molar refractivity (Wildman–Crippen MR) is 72.5 cm³/mol. The van der Waals surface area contributed by atoms with E-state index < -0.39 is 0 Å². The van der Waals surface area contributed by atoms with Gasteiger partial charge in [0.05, 0.1) is 0 Å². The van der Waals surface area contributed by atoms with Crippen molar-refractivity contribution in [2.75, 3.05) is 31.1 Å². The van der Waals surface area contributed by atoms with Crippen molar-refractivity contribution in [3.63, 3.8) is 0 Å². The third-order valence-corrected chi connectivity index (χ3v) is 3.79. The average molecular weight is 228 g/mol. The van der Waals surface area contributed by atoms with E-state index in [1.54, 1.807) is 5.57 Å². The molecule has 0 aromatic heterocycles. The molecule has 1 N–H and O–H groups in total. The number of nitrogens with zero attached hydrogens (tertiary/aromatic N) is 1. The van der Waals surface area contributed by atoms with E-state index in [0.29, 0.717) is 0 Å². The summed E-state index contributed by atoms with van der Waals surface area (Å²) in [7, 11) is 0. The predicted octanol–water partition coefficient (Wildman–Crippen LogP) is 2.36. The standard InChI is InChI=1S/C15H20N2/c1-2-6-15-14(5-1)8-11-17(15)10-7-13-4-3-9-16-12-13/h1-2,5-7,16H,3-4,8-12H2/b13-7+. The van der Waals surface area contributed by atoms with Crippen molar-refractivity contribution in [3.05, 3.63) is 41.5 Å². The van der Waals surface area contributed by atoms with Gasteiger partial charge in [0.2, 0.25) is 0 Å². The van der Waals surface area contributed by atoms with Crippen LogP contribution in [0.25, 0.3) is 0 Å². The largest absolute Gasteiger partial charge is 0.367 e. The van der Waals surface area contributed by atoms with Crippen LogP contribution in [0.1, 0.15) is 18.4 Å². The first-order valence-corrected chi connectivity index (χ1v) is 6.65. The molecular formula is C15H20N2. The number of rotatable bonds is 2. The molecule has 1 fully saturated rings. The van der Waals surface area contributed by atoms with Crippen molar-refractivity contribution >= 4 is 5.69 Å². The van der Waals surface area contributed by atoms with E-state index in [9.17, 15) is 0 Å². The van der Waals surface area contributed by atoms with E-state index in [1.165, 1.54) is 43.6 Å². The Morgan fingerprint density at radius 2 is 2.18 bits per heavy atom. The molecular weight excluding hydrogens is 208 g/mol. The zero-order chi connectivity index (χ0) is 11.5. The first-order valence-electron chi connectivity index (χ1n) is 6.65. The highest BCUT2D eigenvalue weighted by molar-refractivity contribution is 5.58. The molecule has 0 bridgehead atoms. The molecule has 0 radical (unpaired) electrons. The van der Waals surface area contributed by atoms with Crippen LogP contribution < -0.4 is 10.2 Å². The van der Waals surface area contributed by atoms with Gasteiger partial charge in [-0.25, -0.2) is 0 Å². The summed E-state index contributed by atoms with van der Waals surface area (Å²) in [6, 6.07) is 8.79. The van der Waals surface area contributed by atoms with E-state index in [0.717, 1.165) is 13.1 Å². The molecule has 1 aromatic rings. The number of hydrogen-bond donors (Lipinski definition) is 1. The fraction of sp³-hybridized carbons (Fsp3) is 0.467. The van der Waals surface area contributed by atoms with Crippen LogP contribution >= 0.6 is 0 Å². The van der Waals surface area contributed by atoms with Crippen LogP contribution in [-0.4, -0.2) is 26.2 Å². The van der Waals surface area contributed by atoms with Gasteiger partial charge in [0.1, 0.15) is 0 Å². The number of piperidine rings is 1. The van der Waals surface area contributed by atoms with E-state index in [-0.39, 0.29) is 0 Å². The minimum atomic E-state index is 1.08. The maximum absolute atomic E-state index is 3.44. The molecule has 2 aliphatic heterocycles. The Kier molecular flexibility index (Phi) is 3.14. The first-order chi connectivity index (χ1) is 8.43. The second-order valence-electron chi connectivity index (χ2n) is 4.97. The molecule has 0 atom stereocenters. The lowest BCUT2D eigenvalue weighted by Crippen LogP contribution is -2.26. The molecule has 17 heavy (non-hydrogen) atoms. The van der Waals surface area contributed by atoms with Crippen molar-refractivity contribution in [3.8, 4) is 0 Å². The van der Waals surface area contributed by atoms with Crippen molar-refractivity contribution in [2.24, 2.45) is 0 Å². The van der Waals surface area contributed by atoms with Gasteiger partial charge in [0, 0.05) is 25.3 Å². The van der Waals surface area contributed by atoms with Crippen molar-refractivity contribution < 1.29 is 0 Å². The lowest BCUT2D eigenvalue weighted by Gasteiger charge is -2.20. The fourth-order valence-corrected chi connectivity index (χ4v) is 2.79. The topological polar surface area (TPSA) is 15.3 Å². The second kappa shape index (κ2) is 4.92. The van der Waals surface area contributed by atoms with Crippen LogP contribution in [0.4, 0.5) is 5.69 Å². The Labute approximate surface area is 103 Å². The SMILES string of the molecule is C(/CN1CCc2ccccc21)=C1/CCCNC1. The van der Waals surface area contributed by atoms with Crippen LogP contribution in [0.2, 0.25) is 0 Å². The quantitative estimate of drug-likeness (QED) is 0.782. The monoisotopic (exact) mass is 228 g/mol. The average Bonchev–Trinajstić information content (AvgIpc) is 2.81. The van der Waals surface area contributed by atoms with Crippen molar-refractivity contribution in [1.82, 2.24) is 5.32 Å². The summed E-state index contributed by atoms with van der Waals surface area (Å²) in [6.07, 6.45) is 6.21. The minimum absolute atomic E-state index is 1.08. The first kappa shape index (κ1) is 10.8. The van der Waals surface area contributed by atoms with E-state index in [2.05, 4.69) is 40.6 Å². The van der Waals surface area contributed by atoms with Gasteiger partial charge in [0.15, 0.2) is 0 Å². The molecule has 0 amide bonds. The molecule has 0 spiro atoms. The third kappa shape index (κ3) is 2.37. The number of nitrogens with one attached hydrogen (secondary N) is 1. The Hall–Kier alpha value is -1.28. The number of benzene rings is 1. The Morgan fingerprint density at radius 3 is 3.06 bits per heavy atom. The minimum Gasteiger partial charge on any atom is -0.367 e. The number of fused-ring (bicyclic) bond motifs is 1. The molecule has 2 heteroatoms. The van der Waals surface area contributed by atoms with E-state index >= 15 is 0 Å². The van der Waals surface area contributed by atoms with Gasteiger partial charge in [-0.05, 0) is 37.4 Å². The van der Waals surface area contributed by atoms with Gasteiger partial charge >= 0.3 is 0 Å². The van der Waals surface area contributed by atoms with Crippen LogP contribution in [0.5, 0.6) is 0 Å². The summed E-state index contributed by atoms with van der Waals surface area (Å²) >= 11 is 0. The molecule has 2 heterocycles. The van der Waals surface area contributed by atoms with Crippen LogP contribution in [-0.2, 0) is 6.42 Å². The van der Waals surface area contributed by atoms with Crippen LogP contribution in [0.3, 0.4) is 0 Å². The van der Waals surface area contributed by atoms with Gasteiger partial charge in [-0.15, -0.1) is 0 Å². The molecule has 0 saturated carbocycles. The maximum Gasteiger partial charge on any atom is 0.0402 e. The summed E-state index contributed by atoms with van der Waals surface area (Å²) in [6.45, 7) is 4.53. The van der Waals surface area contributed by atoms with E-state index in [1.807, 2.05) is 0 Å². The summed E-state index contributed by atoms with van der Waals surface area (Å²) in [4.78, 5) is 2.50. The Bertz CT molecular complexity index is 415. The zero-order valence-electron chi connectivity index (χ0n) is 10.3. The highest BCUT2D eigenvalue weighted by Crippen LogP contribution is 2.27. The molecule has 2 nitrogen and oxygen atoms in total. The van der Waals surface area contributed by atoms with E-state index in [4.69, 9.17) is 0 Å². The molecule has 1 aromatic carbocycles. The summed E-state index contributed by atoms with van der Waals surface area (Å²) in [5.41, 5.74) is 4.53. The van der Waals surface area contributed by atoms with Crippen molar-refractivity contribution in [1.29, 1.82) is 0 Å². The van der Waals surface area contributed by atoms with Gasteiger partial charge in [0.25, 0.3) is 0 Å². The smallest absolute Gasteiger partial charge is 0.0402 e. The molecule has 2 aliphatic rings. The number of hydrogen-bond acceptors (Lipinski definition) is 2. The van der Waals surface area contributed by atoms with Crippen LogP contribution in [0, 0.1) is 0 Å². The molecule has 90 valence electrons. The lowest BCUT2D eigenvalue weighted by atomic mass is 10.1. The second-order valence-corrected chi connectivity index (χ2v) is 4.97. The summed E-state index contributed by atoms with van der Waals surface area (Å²) < 4.78 is 0. The fourth-order valence-electron chi connectivity index (χ4n) is 2.79. The van der Waals surface area contributed by atoms with Gasteiger partial charge in [-0.1, -0.05) is 29.8 Å². The number of anilines is 1. The normalized spacial score (nSPS) is 21.9. The Morgan fingerprint density at radius 1 is 1.24 bits per heavy atom. The van der Waals surface area contributed by atoms with Crippen LogP contribution in [0.15, 0.2) is 35.9 Å². The Balaban J connectivity index is 1.67. The molecule has 0 aliphatic carbocycles. The maximum atomic E-state index is 3.44. The molecule has 3 rings (SSSR count). The van der Waals surface area contributed by atoms with Gasteiger partial charge in [-0.3, -0.25) is 0 Å². The lowest BCUT2D eigenvalue weighted by molar-refractivity contribution is 0.607. The zero-order valence-corrected chi connectivity index (χ0v) is 10.3. The van der Waals surface area contributed by atoms with Gasteiger partial charge < -0.3 is 10.2 Å². The van der Waals surface area contributed by atoms with Crippen molar-refractivity contribution in [2.45, 2.75) is 19.3 Å². The summed E-state index contributed by atoms with van der Waals surface area (Å²) in [5, 5.41) is 3.44. The molecule has 0 unspecified atom stereocenters.